The Morgan fingerprint density at radius 3 is 1.79 bits per heavy atom. The summed E-state index contributed by atoms with van der Waals surface area (Å²) >= 11 is 24.5. The van der Waals surface area contributed by atoms with Gasteiger partial charge in [-0.3, -0.25) is 14.5 Å². The number of piperazine rings is 1. The van der Waals surface area contributed by atoms with Crippen molar-refractivity contribution in [3.8, 4) is 0 Å². The number of carbonyl (C=O) groups is 2. The van der Waals surface area contributed by atoms with E-state index in [1.807, 2.05) is 0 Å². The molecule has 0 unspecified atom stereocenters. The van der Waals surface area contributed by atoms with Gasteiger partial charge >= 0.3 is 0 Å². The third-order valence-electron chi connectivity index (χ3n) is 5.20. The number of hydrogen-bond donors (Lipinski definition) is 1. The Bertz CT molecular complexity index is 1020. The van der Waals surface area contributed by atoms with Crippen molar-refractivity contribution in [1.82, 2.24) is 15.1 Å². The second kappa shape index (κ2) is 12.4. The average molecular weight is 527 g/mol. The predicted octanol–water partition coefficient (Wildman–Crippen LogP) is 5.29. The lowest BCUT2D eigenvalue weighted by Gasteiger charge is -2.34. The molecule has 0 bridgehead atoms. The zero-order chi connectivity index (χ0) is 23.8. The summed E-state index contributed by atoms with van der Waals surface area (Å²) < 4.78 is 0. The van der Waals surface area contributed by atoms with E-state index < -0.39 is 0 Å². The Balaban J connectivity index is 1.40. The van der Waals surface area contributed by atoms with Crippen molar-refractivity contribution in [2.24, 2.45) is 0 Å². The highest BCUT2D eigenvalue weighted by Crippen LogP contribution is 2.26. The molecule has 174 valence electrons. The Hall–Kier alpha value is -2.02. The van der Waals surface area contributed by atoms with E-state index in [0.29, 0.717) is 57.4 Å². The fraction of sp³-hybridized carbons (Fsp3) is 0.250. The average Bonchev–Trinajstić information content (AvgIpc) is 2.79. The summed E-state index contributed by atoms with van der Waals surface area (Å²) in [6, 6.07) is 10.4. The molecule has 1 fully saturated rings. The van der Waals surface area contributed by atoms with Gasteiger partial charge in [0.25, 0.3) is 0 Å². The summed E-state index contributed by atoms with van der Waals surface area (Å²) in [5.74, 6) is -0.300. The van der Waals surface area contributed by atoms with E-state index in [2.05, 4.69) is 10.2 Å². The minimum atomic E-state index is -0.219. The maximum absolute atomic E-state index is 12.5. The summed E-state index contributed by atoms with van der Waals surface area (Å²) in [6.45, 7) is 3.87. The molecule has 1 N–H and O–H groups in total. The molecule has 2 aromatic carbocycles. The van der Waals surface area contributed by atoms with Gasteiger partial charge in [0.05, 0.1) is 0 Å². The highest BCUT2D eigenvalue weighted by Gasteiger charge is 2.19. The van der Waals surface area contributed by atoms with Gasteiger partial charge in [-0.2, -0.15) is 0 Å². The van der Waals surface area contributed by atoms with E-state index in [9.17, 15) is 9.59 Å². The summed E-state index contributed by atoms with van der Waals surface area (Å²) in [6.07, 6.45) is 6.17. The number of amides is 2. The largest absolute Gasteiger partial charge is 0.351 e. The summed E-state index contributed by atoms with van der Waals surface area (Å²) in [7, 11) is 0. The lowest BCUT2D eigenvalue weighted by molar-refractivity contribution is -0.127. The monoisotopic (exact) mass is 525 g/mol. The van der Waals surface area contributed by atoms with Gasteiger partial charge in [-0.1, -0.05) is 58.5 Å². The van der Waals surface area contributed by atoms with Crippen molar-refractivity contribution in [1.29, 1.82) is 0 Å². The van der Waals surface area contributed by atoms with E-state index in [-0.39, 0.29) is 11.8 Å². The van der Waals surface area contributed by atoms with Gasteiger partial charge in [0.2, 0.25) is 11.8 Å². The highest BCUT2D eigenvalue weighted by atomic mass is 35.5. The first-order valence-corrected chi connectivity index (χ1v) is 11.9. The third-order valence-corrected chi connectivity index (χ3v) is 6.52. The van der Waals surface area contributed by atoms with Crippen LogP contribution in [0.1, 0.15) is 11.1 Å². The van der Waals surface area contributed by atoms with Crippen LogP contribution in [0.2, 0.25) is 20.1 Å². The quantitative estimate of drug-likeness (QED) is 0.499. The Kier molecular flexibility index (Phi) is 9.65. The molecule has 0 spiro atoms. The molecule has 0 radical (unpaired) electrons. The van der Waals surface area contributed by atoms with Crippen molar-refractivity contribution < 1.29 is 9.59 Å². The molecule has 1 aliphatic heterocycles. The number of nitrogens with zero attached hydrogens (tertiary/aromatic N) is 2. The van der Waals surface area contributed by atoms with Crippen LogP contribution >= 0.6 is 46.4 Å². The standard InChI is InChI=1S/C24H23Cl4N3O2/c25-19-3-1-4-20(26)17(19)7-9-23(32)29-11-12-30-13-15-31(16-14-30)24(33)10-8-18-21(27)5-2-6-22(18)28/h1-10H,11-16H2,(H,29,32). The first-order valence-electron chi connectivity index (χ1n) is 10.4. The van der Waals surface area contributed by atoms with Crippen molar-refractivity contribution in [2.45, 2.75) is 0 Å². The Morgan fingerprint density at radius 2 is 1.27 bits per heavy atom. The molecule has 0 saturated carbocycles. The van der Waals surface area contributed by atoms with Crippen LogP contribution in [0.3, 0.4) is 0 Å². The minimum Gasteiger partial charge on any atom is -0.351 e. The van der Waals surface area contributed by atoms with Crippen molar-refractivity contribution >= 4 is 70.4 Å². The van der Waals surface area contributed by atoms with E-state index >= 15 is 0 Å². The van der Waals surface area contributed by atoms with Gasteiger partial charge in [0, 0.05) is 82.6 Å². The van der Waals surface area contributed by atoms with Crippen LogP contribution in [-0.4, -0.2) is 60.9 Å². The molecular weight excluding hydrogens is 504 g/mol. The first kappa shape index (κ1) is 25.6. The summed E-state index contributed by atoms with van der Waals surface area (Å²) in [5.41, 5.74) is 1.25. The van der Waals surface area contributed by atoms with E-state index in [4.69, 9.17) is 46.4 Å². The number of carbonyl (C=O) groups excluding carboxylic acids is 2. The fourth-order valence-electron chi connectivity index (χ4n) is 3.35. The summed E-state index contributed by atoms with van der Waals surface area (Å²) in [4.78, 5) is 28.6. The van der Waals surface area contributed by atoms with Crippen LogP contribution in [0.25, 0.3) is 12.2 Å². The molecule has 3 rings (SSSR count). The number of benzene rings is 2. The van der Waals surface area contributed by atoms with Crippen LogP contribution in [0, 0.1) is 0 Å². The molecule has 1 saturated heterocycles. The number of halogens is 4. The maximum Gasteiger partial charge on any atom is 0.246 e. The van der Waals surface area contributed by atoms with Crippen molar-refractivity contribution in [3.63, 3.8) is 0 Å². The molecule has 5 nitrogen and oxygen atoms in total. The normalized spacial score (nSPS) is 14.8. The van der Waals surface area contributed by atoms with E-state index in [1.54, 1.807) is 53.5 Å². The van der Waals surface area contributed by atoms with Crippen LogP contribution in [0.15, 0.2) is 48.6 Å². The minimum absolute atomic E-state index is 0.0812. The maximum atomic E-state index is 12.5. The van der Waals surface area contributed by atoms with Crippen molar-refractivity contribution in [3.05, 3.63) is 79.8 Å². The van der Waals surface area contributed by atoms with Gasteiger partial charge < -0.3 is 10.2 Å². The van der Waals surface area contributed by atoms with Crippen LogP contribution < -0.4 is 5.32 Å². The molecule has 2 aromatic rings. The third kappa shape index (κ3) is 7.49. The molecular formula is C24H23Cl4N3O2. The first-order chi connectivity index (χ1) is 15.8. The number of hydrogen-bond acceptors (Lipinski definition) is 3. The molecule has 0 aromatic heterocycles. The topological polar surface area (TPSA) is 52.7 Å². The lowest BCUT2D eigenvalue weighted by Crippen LogP contribution is -2.49. The second-order valence-electron chi connectivity index (χ2n) is 7.40. The van der Waals surface area contributed by atoms with Gasteiger partial charge in [-0.15, -0.1) is 0 Å². The van der Waals surface area contributed by atoms with Crippen LogP contribution in [0.5, 0.6) is 0 Å². The second-order valence-corrected chi connectivity index (χ2v) is 9.02. The SMILES string of the molecule is O=C(C=Cc1c(Cl)cccc1Cl)NCCN1CCN(C(=O)C=Cc2c(Cl)cccc2Cl)CC1. The Labute approximate surface area is 213 Å². The zero-order valence-corrected chi connectivity index (χ0v) is 20.8. The molecule has 0 atom stereocenters. The fourth-order valence-corrected chi connectivity index (χ4v) is 4.39. The predicted molar refractivity (Wildman–Crippen MR) is 137 cm³/mol. The molecule has 2 amide bonds. The van der Waals surface area contributed by atoms with Gasteiger partial charge in [-0.05, 0) is 36.4 Å². The molecule has 1 heterocycles. The Morgan fingerprint density at radius 1 is 0.788 bits per heavy atom. The summed E-state index contributed by atoms with van der Waals surface area (Å²) in [5, 5.41) is 4.84. The van der Waals surface area contributed by atoms with Gasteiger partial charge in [0.1, 0.15) is 0 Å². The molecule has 33 heavy (non-hydrogen) atoms. The molecule has 0 aliphatic carbocycles. The van der Waals surface area contributed by atoms with E-state index in [0.717, 1.165) is 13.1 Å². The lowest BCUT2D eigenvalue weighted by atomic mass is 10.2. The van der Waals surface area contributed by atoms with Crippen LogP contribution in [-0.2, 0) is 9.59 Å². The zero-order valence-electron chi connectivity index (χ0n) is 17.7. The van der Waals surface area contributed by atoms with Crippen LogP contribution in [0.4, 0.5) is 0 Å². The number of nitrogens with one attached hydrogen (secondary N) is 1. The van der Waals surface area contributed by atoms with E-state index in [1.165, 1.54) is 12.2 Å². The van der Waals surface area contributed by atoms with Gasteiger partial charge in [0.15, 0.2) is 0 Å². The smallest absolute Gasteiger partial charge is 0.246 e. The number of rotatable bonds is 7. The van der Waals surface area contributed by atoms with Crippen molar-refractivity contribution in [2.75, 3.05) is 39.3 Å². The molecule has 1 aliphatic rings. The van der Waals surface area contributed by atoms with Gasteiger partial charge in [-0.25, -0.2) is 0 Å². The molecule has 9 heteroatoms. The highest BCUT2D eigenvalue weighted by molar-refractivity contribution is 6.37.